The maximum atomic E-state index is 12.6. The molecule has 0 aromatic rings. The average molecular weight is 690 g/mol. The number of quaternary nitrogens is 1. The van der Waals surface area contributed by atoms with Gasteiger partial charge in [-0.15, -0.1) is 0 Å². The van der Waals surface area contributed by atoms with Crippen LogP contribution in [0.25, 0.3) is 0 Å². The number of likely N-dealkylation sites (N-methyl/N-ethyl adjacent to an activating group) is 1. The fourth-order valence-electron chi connectivity index (χ4n) is 5.24. The molecule has 2 unspecified atom stereocenters. The molecule has 0 aromatic carbocycles. The minimum atomic E-state index is -1.13. The minimum absolute atomic E-state index is 0.0340. The van der Waals surface area contributed by atoms with Gasteiger partial charge in [0.15, 0.2) is 6.10 Å². The van der Waals surface area contributed by atoms with Crippen molar-refractivity contribution in [2.45, 2.75) is 154 Å². The zero-order valence-corrected chi connectivity index (χ0v) is 31.8. The largest absolute Gasteiger partial charge is 0.544 e. The molecular formula is C41H71NO7. The van der Waals surface area contributed by atoms with Crippen LogP contribution in [-0.4, -0.2) is 75.5 Å². The Morgan fingerprint density at radius 1 is 0.633 bits per heavy atom. The molecule has 0 rings (SSSR count). The molecule has 0 heterocycles. The Hall–Kier alpha value is -2.71. The monoisotopic (exact) mass is 690 g/mol. The second-order valence-electron chi connectivity index (χ2n) is 13.8. The molecule has 0 spiro atoms. The zero-order valence-electron chi connectivity index (χ0n) is 31.8. The fraction of sp³-hybridized carbons (Fsp3) is 0.732. The Balaban J connectivity index is 4.33. The van der Waals surface area contributed by atoms with Gasteiger partial charge in [-0.1, -0.05) is 120 Å². The van der Waals surface area contributed by atoms with Gasteiger partial charge in [0.25, 0.3) is 0 Å². The van der Waals surface area contributed by atoms with Crippen molar-refractivity contribution in [1.29, 1.82) is 0 Å². The van der Waals surface area contributed by atoms with Crippen LogP contribution in [0, 0.1) is 0 Å². The number of hydrogen-bond acceptors (Lipinski definition) is 7. The number of allylic oxidation sites excluding steroid dienone is 8. The van der Waals surface area contributed by atoms with Gasteiger partial charge < -0.3 is 28.6 Å². The molecule has 8 heteroatoms. The zero-order chi connectivity index (χ0) is 36.4. The van der Waals surface area contributed by atoms with Crippen molar-refractivity contribution >= 4 is 17.9 Å². The fourth-order valence-corrected chi connectivity index (χ4v) is 5.24. The number of unbranched alkanes of at least 4 members (excludes halogenated alkanes) is 11. The van der Waals surface area contributed by atoms with E-state index in [-0.39, 0.29) is 42.7 Å². The summed E-state index contributed by atoms with van der Waals surface area (Å²) in [5.41, 5.74) is 0. The third-order valence-electron chi connectivity index (χ3n) is 8.23. The highest BCUT2D eigenvalue weighted by atomic mass is 16.6. The number of carboxylic acids is 1. The van der Waals surface area contributed by atoms with Crippen LogP contribution in [0.15, 0.2) is 48.6 Å². The van der Waals surface area contributed by atoms with Crippen molar-refractivity contribution in [3.63, 3.8) is 0 Å². The van der Waals surface area contributed by atoms with Gasteiger partial charge in [-0.2, -0.15) is 0 Å². The number of nitrogens with zero attached hydrogens (tertiary/aromatic N) is 1. The van der Waals surface area contributed by atoms with E-state index in [1.807, 2.05) is 0 Å². The van der Waals surface area contributed by atoms with Crippen LogP contribution in [0.3, 0.4) is 0 Å². The van der Waals surface area contributed by atoms with Crippen LogP contribution < -0.4 is 5.11 Å². The van der Waals surface area contributed by atoms with Gasteiger partial charge in [0.05, 0.1) is 40.3 Å². The molecule has 0 aliphatic rings. The summed E-state index contributed by atoms with van der Waals surface area (Å²) < 4.78 is 17.0. The summed E-state index contributed by atoms with van der Waals surface area (Å²) in [7, 11) is 5.38. The lowest BCUT2D eigenvalue weighted by atomic mass is 10.1. The Bertz CT molecular complexity index is 948. The summed E-state index contributed by atoms with van der Waals surface area (Å²) in [6.45, 7) is 4.45. The maximum absolute atomic E-state index is 12.6. The van der Waals surface area contributed by atoms with E-state index in [0.29, 0.717) is 12.8 Å². The SMILES string of the molecule is CC/C=C\C/C=C\C/C=C\C/C=C\CCCCCCCCC(=O)OC(COCCC(C(=O)[O-])[N+](C)(C)C)COC(=O)CCCCCCCC. The van der Waals surface area contributed by atoms with Crippen LogP contribution in [0.2, 0.25) is 0 Å². The molecule has 282 valence electrons. The molecule has 49 heavy (non-hydrogen) atoms. The van der Waals surface area contributed by atoms with E-state index >= 15 is 0 Å². The first-order chi connectivity index (χ1) is 23.6. The Morgan fingerprint density at radius 2 is 1.14 bits per heavy atom. The molecule has 0 bridgehead atoms. The predicted octanol–water partition coefficient (Wildman–Crippen LogP) is 8.35. The van der Waals surface area contributed by atoms with E-state index in [2.05, 4.69) is 62.5 Å². The second kappa shape index (κ2) is 32.5. The van der Waals surface area contributed by atoms with Crippen LogP contribution >= 0.6 is 0 Å². The van der Waals surface area contributed by atoms with Gasteiger partial charge in [-0.05, 0) is 51.4 Å². The number of carbonyl (C=O) groups is 3. The average Bonchev–Trinajstić information content (AvgIpc) is 3.05. The Morgan fingerprint density at radius 3 is 1.69 bits per heavy atom. The van der Waals surface area contributed by atoms with Crippen LogP contribution in [0.4, 0.5) is 0 Å². The van der Waals surface area contributed by atoms with E-state index in [0.717, 1.165) is 77.0 Å². The molecule has 0 aliphatic carbocycles. The summed E-state index contributed by atoms with van der Waals surface area (Å²) in [4.78, 5) is 36.5. The van der Waals surface area contributed by atoms with Crippen molar-refractivity contribution in [2.24, 2.45) is 0 Å². The van der Waals surface area contributed by atoms with Crippen molar-refractivity contribution < 1.29 is 38.2 Å². The summed E-state index contributed by atoms with van der Waals surface area (Å²) in [6.07, 6.45) is 35.8. The Kier molecular flexibility index (Phi) is 30.7. The number of esters is 2. The molecule has 2 atom stereocenters. The van der Waals surface area contributed by atoms with Crippen LogP contribution in [0.5, 0.6) is 0 Å². The summed E-state index contributed by atoms with van der Waals surface area (Å²) in [5, 5.41) is 11.5. The third kappa shape index (κ3) is 31.0. The molecule has 0 saturated heterocycles. The maximum Gasteiger partial charge on any atom is 0.306 e. The molecule has 0 amide bonds. The molecule has 0 radical (unpaired) electrons. The highest BCUT2D eigenvalue weighted by molar-refractivity contribution is 5.70. The van der Waals surface area contributed by atoms with Gasteiger partial charge in [0, 0.05) is 19.3 Å². The predicted molar refractivity (Wildman–Crippen MR) is 199 cm³/mol. The van der Waals surface area contributed by atoms with Crippen LogP contribution in [0.1, 0.15) is 142 Å². The lowest BCUT2D eigenvalue weighted by Gasteiger charge is -2.34. The van der Waals surface area contributed by atoms with Crippen molar-refractivity contribution in [3.8, 4) is 0 Å². The summed E-state index contributed by atoms with van der Waals surface area (Å²) >= 11 is 0. The number of aliphatic carboxylic acids is 1. The first kappa shape index (κ1) is 46.3. The Labute approximate surface area is 299 Å². The van der Waals surface area contributed by atoms with Gasteiger partial charge in [0.2, 0.25) is 0 Å². The number of carboxylic acid groups (broad SMARTS) is 1. The summed E-state index contributed by atoms with van der Waals surface area (Å²) in [5.74, 6) is -1.77. The topological polar surface area (TPSA) is 102 Å². The van der Waals surface area contributed by atoms with Gasteiger partial charge in [0.1, 0.15) is 12.6 Å². The summed E-state index contributed by atoms with van der Waals surface area (Å²) in [6, 6.07) is -0.726. The van der Waals surface area contributed by atoms with Gasteiger partial charge in [-0.25, -0.2) is 0 Å². The van der Waals surface area contributed by atoms with Crippen LogP contribution in [-0.2, 0) is 28.6 Å². The number of carbonyl (C=O) groups excluding carboxylic acids is 3. The van der Waals surface area contributed by atoms with Gasteiger partial charge in [-0.3, -0.25) is 9.59 Å². The van der Waals surface area contributed by atoms with Crippen molar-refractivity contribution in [3.05, 3.63) is 48.6 Å². The first-order valence-corrected chi connectivity index (χ1v) is 19.2. The quantitative estimate of drug-likeness (QED) is 0.0295. The third-order valence-corrected chi connectivity index (χ3v) is 8.23. The van der Waals surface area contributed by atoms with E-state index < -0.39 is 18.1 Å². The molecule has 0 N–H and O–H groups in total. The van der Waals surface area contributed by atoms with Crippen molar-refractivity contribution in [1.82, 2.24) is 0 Å². The molecule has 0 aromatic heterocycles. The van der Waals surface area contributed by atoms with E-state index in [1.165, 1.54) is 32.1 Å². The minimum Gasteiger partial charge on any atom is -0.544 e. The van der Waals surface area contributed by atoms with E-state index in [1.54, 1.807) is 21.1 Å². The second-order valence-corrected chi connectivity index (χ2v) is 13.8. The first-order valence-electron chi connectivity index (χ1n) is 19.2. The van der Waals surface area contributed by atoms with Crippen molar-refractivity contribution in [2.75, 3.05) is 41.0 Å². The standard InChI is InChI=1S/C41H71NO7/c1-6-8-10-12-14-15-16-17-18-19-20-21-22-23-24-25-26-28-30-32-40(44)49-37(35-47-34-33-38(41(45)46)42(3,4)5)36-48-39(43)31-29-27-13-11-9-7-2/h8,10,14-15,17-18,20-21,37-38H,6-7,9,11-13,16,19,22-36H2,1-5H3/b10-8-,15-14-,18-17-,21-20-. The molecule has 0 fully saturated rings. The lowest BCUT2D eigenvalue weighted by Crippen LogP contribution is -2.55. The molecular weight excluding hydrogens is 618 g/mol. The highest BCUT2D eigenvalue weighted by Gasteiger charge is 2.25. The smallest absolute Gasteiger partial charge is 0.306 e. The van der Waals surface area contributed by atoms with E-state index in [4.69, 9.17) is 14.2 Å². The highest BCUT2D eigenvalue weighted by Crippen LogP contribution is 2.12. The normalized spacial score (nSPS) is 13.6. The molecule has 8 nitrogen and oxygen atoms in total. The van der Waals surface area contributed by atoms with Gasteiger partial charge >= 0.3 is 11.9 Å². The molecule has 0 aliphatic heterocycles. The lowest BCUT2D eigenvalue weighted by molar-refractivity contribution is -0.889. The number of hydrogen-bond donors (Lipinski definition) is 0. The molecule has 0 saturated carbocycles. The number of rotatable bonds is 33. The van der Waals surface area contributed by atoms with E-state index in [9.17, 15) is 19.5 Å². The number of ether oxygens (including phenoxy) is 3.